The van der Waals surface area contributed by atoms with Gasteiger partial charge >= 0.3 is 5.97 Å². The van der Waals surface area contributed by atoms with Crippen molar-refractivity contribution in [3.63, 3.8) is 0 Å². The summed E-state index contributed by atoms with van der Waals surface area (Å²) in [6.07, 6.45) is 2.31. The molecule has 238 valence electrons. The largest absolute Gasteiger partial charge is 0.481 e. The van der Waals surface area contributed by atoms with Gasteiger partial charge in [-0.25, -0.2) is 8.42 Å². The fourth-order valence-corrected chi connectivity index (χ4v) is 7.48. The van der Waals surface area contributed by atoms with Crippen LogP contribution in [0.4, 0.5) is 0 Å². The van der Waals surface area contributed by atoms with Gasteiger partial charge in [0.25, 0.3) is 11.8 Å². The first-order valence-electron chi connectivity index (χ1n) is 14.6. The maximum atomic E-state index is 13.9. The van der Waals surface area contributed by atoms with Crippen LogP contribution in [-0.4, -0.2) is 55.1 Å². The minimum absolute atomic E-state index is 0.0552. The van der Waals surface area contributed by atoms with E-state index >= 15 is 0 Å². The molecule has 0 aliphatic rings. The second-order valence-corrected chi connectivity index (χ2v) is 13.7. The molecule has 0 radical (unpaired) electrons. The van der Waals surface area contributed by atoms with E-state index in [1.54, 1.807) is 48.5 Å². The summed E-state index contributed by atoms with van der Waals surface area (Å²) in [4.78, 5) is 40.5. The number of carboxylic acids is 1. The lowest BCUT2D eigenvalue weighted by molar-refractivity contribution is -0.138. The van der Waals surface area contributed by atoms with Crippen LogP contribution in [0.15, 0.2) is 70.5 Å². The molecule has 12 heteroatoms. The number of hydrogen-bond donors (Lipinski definition) is 5. The Balaban J connectivity index is 1.35. The molecule has 4 N–H and O–H groups in total. The van der Waals surface area contributed by atoms with Crippen molar-refractivity contribution in [2.45, 2.75) is 55.2 Å². The lowest BCUT2D eigenvalue weighted by atomic mass is 9.95. The molecule has 4 aromatic rings. The average molecular weight is 670 g/mol. The Morgan fingerprint density at radius 2 is 1.58 bits per heavy atom. The quantitative estimate of drug-likeness (QED) is 0.0812. The van der Waals surface area contributed by atoms with Gasteiger partial charge < -0.3 is 20.7 Å². The van der Waals surface area contributed by atoms with Crippen molar-refractivity contribution in [3.8, 4) is 0 Å². The molecule has 45 heavy (non-hydrogen) atoms. The first-order chi connectivity index (χ1) is 21.4. The van der Waals surface area contributed by atoms with Crippen LogP contribution in [0.25, 0.3) is 10.9 Å². The van der Waals surface area contributed by atoms with E-state index in [1.807, 2.05) is 19.9 Å². The van der Waals surface area contributed by atoms with Crippen LogP contribution in [0.3, 0.4) is 0 Å². The molecule has 1 unspecified atom stereocenters. The second-order valence-electron chi connectivity index (χ2n) is 10.9. The lowest BCUT2D eigenvalue weighted by Crippen LogP contribution is -2.27. The molecule has 0 aliphatic carbocycles. The Hall–Kier alpha value is -3.80. The summed E-state index contributed by atoms with van der Waals surface area (Å²) in [6, 6.07) is 16.5. The molecule has 1 atom stereocenters. The van der Waals surface area contributed by atoms with E-state index in [9.17, 15) is 27.9 Å². The van der Waals surface area contributed by atoms with Crippen molar-refractivity contribution >= 4 is 62.8 Å². The molecule has 1 aromatic heterocycles. The van der Waals surface area contributed by atoms with E-state index in [4.69, 9.17) is 11.6 Å². The fourth-order valence-electron chi connectivity index (χ4n) is 5.26. The Bertz CT molecular complexity index is 1820. The zero-order valence-corrected chi connectivity index (χ0v) is 27.5. The number of carbonyl (C=O) groups is 3. The maximum absolute atomic E-state index is 13.9. The number of sulfone groups is 1. The molecule has 4 rings (SSSR count). The zero-order valence-electron chi connectivity index (χ0n) is 25.0. The van der Waals surface area contributed by atoms with E-state index in [0.717, 1.165) is 11.1 Å². The van der Waals surface area contributed by atoms with E-state index in [-0.39, 0.29) is 21.4 Å². The third-order valence-corrected chi connectivity index (χ3v) is 9.72. The van der Waals surface area contributed by atoms with Gasteiger partial charge in [-0.15, -0.1) is 0 Å². The summed E-state index contributed by atoms with van der Waals surface area (Å²) in [7, 11) is -4.07. The van der Waals surface area contributed by atoms with Gasteiger partial charge in [0.2, 0.25) is 9.84 Å². The summed E-state index contributed by atoms with van der Waals surface area (Å²) >= 11 is 10.3. The van der Waals surface area contributed by atoms with Crippen LogP contribution < -0.4 is 10.6 Å². The number of hydrogen-bond acceptors (Lipinski definition) is 6. The summed E-state index contributed by atoms with van der Waals surface area (Å²) in [5.74, 6) is -2.11. The Morgan fingerprint density at radius 3 is 2.22 bits per heavy atom. The Morgan fingerprint density at radius 1 is 0.911 bits per heavy atom. The molecule has 3 aromatic carbocycles. The van der Waals surface area contributed by atoms with Crippen LogP contribution in [0.5, 0.6) is 0 Å². The molecule has 1 heterocycles. The Kier molecular flexibility index (Phi) is 11.4. The van der Waals surface area contributed by atoms with E-state index in [2.05, 4.69) is 28.2 Å². The van der Waals surface area contributed by atoms with Crippen molar-refractivity contribution in [2.24, 2.45) is 0 Å². The molecule has 2 amide bonds. The number of carboxylic acid groups (broad SMARTS) is 1. The molecular formula is C33H36ClN3O6S2. The van der Waals surface area contributed by atoms with Crippen LogP contribution >= 0.6 is 24.2 Å². The van der Waals surface area contributed by atoms with Crippen molar-refractivity contribution in [1.82, 2.24) is 15.6 Å². The SMILES string of the molecule is Cc1cc(C)cc(S(=O)(=O)c2c(C(=O)NCCCCCNC(=O)c3cccc(C(CCS)C(=O)O)c3)[nH]c3ccc(Cl)cc23)c1. The van der Waals surface area contributed by atoms with Gasteiger partial charge in [0.15, 0.2) is 0 Å². The lowest BCUT2D eigenvalue weighted by Gasteiger charge is -2.13. The van der Waals surface area contributed by atoms with Gasteiger partial charge in [0.1, 0.15) is 10.6 Å². The predicted octanol–water partition coefficient (Wildman–Crippen LogP) is 6.09. The molecule has 0 spiro atoms. The number of H-pyrrole nitrogens is 1. The molecule has 0 fully saturated rings. The number of aliphatic carboxylic acids is 1. The van der Waals surface area contributed by atoms with E-state index in [0.29, 0.717) is 71.6 Å². The van der Waals surface area contributed by atoms with Gasteiger partial charge in [-0.1, -0.05) is 29.8 Å². The predicted molar refractivity (Wildman–Crippen MR) is 178 cm³/mol. The monoisotopic (exact) mass is 669 g/mol. The minimum atomic E-state index is -4.07. The number of halogens is 1. The van der Waals surface area contributed by atoms with E-state index in [1.165, 1.54) is 6.07 Å². The first-order valence-corrected chi connectivity index (χ1v) is 17.1. The number of nitrogens with one attached hydrogen (secondary N) is 3. The molecule has 9 nitrogen and oxygen atoms in total. The van der Waals surface area contributed by atoms with Crippen LogP contribution in [0.2, 0.25) is 5.02 Å². The van der Waals surface area contributed by atoms with Gasteiger partial charge in [-0.3, -0.25) is 14.4 Å². The summed E-state index contributed by atoms with van der Waals surface area (Å²) in [6.45, 7) is 4.33. The number of aromatic nitrogens is 1. The standard InChI is InChI=1S/C33H36ClN3O6S2/c1-20-15-21(2)17-25(16-20)45(42,43)30-27-19-24(34)9-10-28(27)37-29(30)32(39)36-13-5-3-4-12-35-31(38)23-8-6-7-22(18-23)26(11-14-44)33(40)41/h6-10,15-19,26,37,44H,3-5,11-14H2,1-2H3,(H,35,38)(H,36,39)(H,40,41). The van der Waals surface area contributed by atoms with Crippen molar-refractivity contribution in [3.05, 3.63) is 93.6 Å². The third kappa shape index (κ3) is 8.27. The topological polar surface area (TPSA) is 145 Å². The normalized spacial score (nSPS) is 12.2. The highest BCUT2D eigenvalue weighted by atomic mass is 35.5. The molecule has 0 saturated heterocycles. The molecular weight excluding hydrogens is 634 g/mol. The highest BCUT2D eigenvalue weighted by Crippen LogP contribution is 2.34. The van der Waals surface area contributed by atoms with Crippen LogP contribution in [0.1, 0.15) is 69.1 Å². The number of rotatable bonds is 14. The third-order valence-electron chi connectivity index (χ3n) is 7.41. The highest BCUT2D eigenvalue weighted by molar-refractivity contribution is 7.91. The molecule has 0 aliphatic heterocycles. The molecule has 0 bridgehead atoms. The number of carbonyl (C=O) groups excluding carboxylic acids is 2. The van der Waals surface area contributed by atoms with Gasteiger partial charge in [-0.2, -0.15) is 12.6 Å². The number of fused-ring (bicyclic) bond motifs is 1. The number of amides is 2. The van der Waals surface area contributed by atoms with Gasteiger partial charge in [0.05, 0.1) is 10.8 Å². The number of unbranched alkanes of at least 4 members (excludes halogenated alkanes) is 2. The molecule has 0 saturated carbocycles. The fraction of sp³-hybridized carbons (Fsp3) is 0.303. The smallest absolute Gasteiger partial charge is 0.311 e. The first kappa shape index (κ1) is 34.1. The number of benzene rings is 3. The van der Waals surface area contributed by atoms with Crippen LogP contribution in [0, 0.1) is 13.8 Å². The Labute approximate surface area is 273 Å². The van der Waals surface area contributed by atoms with E-state index < -0.39 is 27.6 Å². The van der Waals surface area contributed by atoms with Crippen molar-refractivity contribution < 1.29 is 27.9 Å². The zero-order chi connectivity index (χ0) is 32.7. The van der Waals surface area contributed by atoms with Gasteiger partial charge in [-0.05, 0) is 104 Å². The van der Waals surface area contributed by atoms with Crippen molar-refractivity contribution in [1.29, 1.82) is 0 Å². The van der Waals surface area contributed by atoms with Crippen LogP contribution in [-0.2, 0) is 14.6 Å². The maximum Gasteiger partial charge on any atom is 0.311 e. The summed E-state index contributed by atoms with van der Waals surface area (Å²) in [5, 5.41) is 15.8. The van der Waals surface area contributed by atoms with Crippen molar-refractivity contribution in [2.75, 3.05) is 18.8 Å². The van der Waals surface area contributed by atoms with Gasteiger partial charge in [0, 0.05) is 34.6 Å². The highest BCUT2D eigenvalue weighted by Gasteiger charge is 2.30. The number of aromatic amines is 1. The number of aryl methyl sites for hydroxylation is 2. The average Bonchev–Trinajstić information content (AvgIpc) is 3.38. The summed E-state index contributed by atoms with van der Waals surface area (Å²) in [5.41, 5.74) is 2.95. The number of thiol groups is 1. The second kappa shape index (κ2) is 15.0. The minimum Gasteiger partial charge on any atom is -0.481 e. The summed E-state index contributed by atoms with van der Waals surface area (Å²) < 4.78 is 27.7.